The SMILES string of the molecule is CCCCCCCC/C=C\CCCCCCCCCCCCCC(=O)N[C@@H](CO[C@@H]1OC(CO)[C@@H](O[C@@H]2OC(CO)[C@H](O[C@@H]3OC(CO)[C@H](O)[C@H](O[C@@H]4OC(CO)[C@H](O)[C@H](O[C@]5(C(=O)O)CC(O)[C@@H](NC(C)=O)C([C@H](O)[C@H](O)CO)O5)C4O)C3NC(C)=O)[C@H](O[C@]3(C(=O)O)CC(O)[C@@H](O)C([C@H](O)[C@H](O)CO)O3)C2O)[C@H](O)C1O)[C@H](O)/C=C/CCCCCCCCCCCCC. The summed E-state index contributed by atoms with van der Waals surface area (Å²) in [6, 6.07) is -5.08. The molecule has 756 valence electrons. The highest BCUT2D eigenvalue weighted by molar-refractivity contribution is 5.77. The summed E-state index contributed by atoms with van der Waals surface area (Å²) in [4.78, 5) is 66.7. The summed E-state index contributed by atoms with van der Waals surface area (Å²) in [6.07, 6.45) is -25.2. The molecule has 130 heavy (non-hydrogen) atoms. The first-order valence-electron chi connectivity index (χ1n) is 46.9. The molecule has 42 nitrogen and oxygen atoms in total. The minimum Gasteiger partial charge on any atom is -0.477 e. The van der Waals surface area contributed by atoms with Crippen molar-refractivity contribution in [2.45, 2.75) is 453 Å². The molecule has 34 atom stereocenters. The van der Waals surface area contributed by atoms with Crippen molar-refractivity contribution < 1.29 is 193 Å². The number of carbonyl (C=O) groups is 5. The van der Waals surface area contributed by atoms with Gasteiger partial charge in [-0.3, -0.25) is 14.4 Å². The fourth-order valence-electron chi connectivity index (χ4n) is 17.2. The molecule has 0 saturated carbocycles. The lowest BCUT2D eigenvalue weighted by molar-refractivity contribution is -0.407. The van der Waals surface area contributed by atoms with Crippen molar-refractivity contribution in [1.82, 2.24) is 16.0 Å². The van der Waals surface area contributed by atoms with Gasteiger partial charge in [0.25, 0.3) is 11.6 Å². The smallest absolute Gasteiger partial charge is 0.364 e. The van der Waals surface area contributed by atoms with Crippen LogP contribution in [0.15, 0.2) is 24.3 Å². The average molecular weight is 1880 g/mol. The number of amides is 3. The highest BCUT2D eigenvalue weighted by Gasteiger charge is 2.64. The first-order chi connectivity index (χ1) is 62.2. The van der Waals surface area contributed by atoms with Crippen molar-refractivity contribution in [2.75, 3.05) is 46.2 Å². The average Bonchev–Trinajstić information content (AvgIpc) is 0.745. The Morgan fingerprint density at radius 1 is 0.400 bits per heavy atom. The van der Waals surface area contributed by atoms with Crippen LogP contribution in [-0.2, 0) is 80.8 Å². The van der Waals surface area contributed by atoms with E-state index in [1.165, 1.54) is 109 Å². The minimum absolute atomic E-state index is 0.0952. The van der Waals surface area contributed by atoms with Crippen LogP contribution in [0, 0.1) is 0 Å². The Labute approximate surface area is 759 Å². The topological polar surface area (TPSA) is 677 Å². The predicted octanol–water partition coefficient (Wildman–Crippen LogP) is -1.90. The number of carboxylic acids is 2. The number of aliphatic hydroxyl groups is 20. The maximum Gasteiger partial charge on any atom is 0.364 e. The summed E-state index contributed by atoms with van der Waals surface area (Å²) in [5.41, 5.74) is 0. The lowest BCUT2D eigenvalue weighted by Gasteiger charge is -2.52. The summed E-state index contributed by atoms with van der Waals surface area (Å²) in [6.45, 7) is -1.73. The summed E-state index contributed by atoms with van der Waals surface area (Å²) < 4.78 is 71.9. The first-order valence-corrected chi connectivity index (χ1v) is 46.9. The zero-order chi connectivity index (χ0) is 95.8. The van der Waals surface area contributed by atoms with Crippen molar-refractivity contribution in [3.8, 4) is 0 Å². The molecule has 3 amide bonds. The third kappa shape index (κ3) is 34.3. The molecule has 0 aromatic heterocycles. The zero-order valence-electron chi connectivity index (χ0n) is 75.6. The van der Waals surface area contributed by atoms with Crippen molar-refractivity contribution in [2.24, 2.45) is 0 Å². The lowest BCUT2D eigenvalue weighted by atomic mass is 9.88. The van der Waals surface area contributed by atoms with Gasteiger partial charge in [0.1, 0.15) is 140 Å². The van der Waals surface area contributed by atoms with Gasteiger partial charge in [-0.25, -0.2) is 9.59 Å². The normalized spacial score (nSPS) is 34.7. The van der Waals surface area contributed by atoms with Crippen LogP contribution in [0.3, 0.4) is 0 Å². The van der Waals surface area contributed by atoms with E-state index in [1.54, 1.807) is 6.08 Å². The summed E-state index contributed by atoms with van der Waals surface area (Å²) >= 11 is 0. The number of carbonyl (C=O) groups excluding carboxylic acids is 3. The number of aliphatic carboxylic acids is 2. The van der Waals surface area contributed by atoms with Crippen LogP contribution in [-0.4, -0.2) is 396 Å². The van der Waals surface area contributed by atoms with E-state index in [0.29, 0.717) is 12.8 Å². The second-order valence-corrected chi connectivity index (χ2v) is 35.3. The number of carboxylic acid groups (broad SMARTS) is 2. The highest BCUT2D eigenvalue weighted by Crippen LogP contribution is 2.43. The fraction of sp³-hybridized carbons (Fsp3) is 0.898. The van der Waals surface area contributed by atoms with Gasteiger partial charge in [0.15, 0.2) is 25.2 Å². The number of hydrogen-bond donors (Lipinski definition) is 25. The van der Waals surface area contributed by atoms with Gasteiger partial charge in [0, 0.05) is 33.1 Å². The van der Waals surface area contributed by atoms with E-state index in [4.69, 9.17) is 56.8 Å². The Morgan fingerprint density at radius 3 is 1.26 bits per heavy atom. The molecule has 0 aromatic rings. The Kier molecular flexibility index (Phi) is 52.4. The van der Waals surface area contributed by atoms with Gasteiger partial charge in [-0.15, -0.1) is 0 Å². The molecule has 0 aromatic carbocycles. The molecule has 42 heteroatoms. The number of ether oxygens (including phenoxy) is 12. The van der Waals surface area contributed by atoms with E-state index in [0.717, 1.165) is 97.3 Å². The molecule has 0 bridgehead atoms. The van der Waals surface area contributed by atoms with Crippen molar-refractivity contribution in [3.63, 3.8) is 0 Å². The summed E-state index contributed by atoms with van der Waals surface area (Å²) in [7, 11) is 0. The largest absolute Gasteiger partial charge is 0.477 e. The molecule has 25 N–H and O–H groups in total. The van der Waals surface area contributed by atoms with E-state index in [-0.39, 0.29) is 6.42 Å². The monoisotopic (exact) mass is 1880 g/mol. The number of aliphatic hydroxyl groups excluding tert-OH is 20. The number of unbranched alkanes of at least 4 members (excludes halogenated alkanes) is 28. The molecule has 6 rings (SSSR count). The molecule has 0 spiro atoms. The highest BCUT2D eigenvalue weighted by atomic mass is 16.8. The van der Waals surface area contributed by atoms with Gasteiger partial charge in [0.05, 0.1) is 76.6 Å². The molecular weight excluding hydrogens is 1720 g/mol. The van der Waals surface area contributed by atoms with E-state index >= 15 is 0 Å². The number of rotatable bonds is 63. The second kappa shape index (κ2) is 59.6. The summed E-state index contributed by atoms with van der Waals surface area (Å²) in [5, 5.41) is 254. The molecule has 0 aliphatic carbocycles. The molecular formula is C88H155N3O39. The molecule has 6 aliphatic heterocycles. The van der Waals surface area contributed by atoms with Crippen LogP contribution in [0.25, 0.3) is 0 Å². The Balaban J connectivity index is 1.23. The van der Waals surface area contributed by atoms with Gasteiger partial charge >= 0.3 is 11.9 Å². The van der Waals surface area contributed by atoms with E-state index < -0.39 is 296 Å². The van der Waals surface area contributed by atoms with Crippen LogP contribution >= 0.6 is 0 Å². The minimum atomic E-state index is -3.50. The number of hydrogen-bond acceptors (Lipinski definition) is 37. The fourth-order valence-corrected chi connectivity index (χ4v) is 17.2. The van der Waals surface area contributed by atoms with Crippen LogP contribution in [0.2, 0.25) is 0 Å². The maximum atomic E-state index is 13.9. The van der Waals surface area contributed by atoms with E-state index in [9.17, 15) is 136 Å². The molecule has 0 radical (unpaired) electrons. The molecule has 12 unspecified atom stereocenters. The van der Waals surface area contributed by atoms with Crippen LogP contribution in [0.5, 0.6) is 0 Å². The zero-order valence-corrected chi connectivity index (χ0v) is 75.6. The van der Waals surface area contributed by atoms with Crippen LogP contribution in [0.4, 0.5) is 0 Å². The Bertz CT molecular complexity index is 3230. The van der Waals surface area contributed by atoms with Crippen molar-refractivity contribution >= 4 is 29.7 Å². The van der Waals surface area contributed by atoms with Crippen molar-refractivity contribution in [1.29, 1.82) is 0 Å². The third-order valence-electron chi connectivity index (χ3n) is 24.8. The third-order valence-corrected chi connectivity index (χ3v) is 24.8. The van der Waals surface area contributed by atoms with Gasteiger partial charge in [0.2, 0.25) is 17.7 Å². The van der Waals surface area contributed by atoms with Crippen LogP contribution < -0.4 is 16.0 Å². The van der Waals surface area contributed by atoms with Gasteiger partial charge in [-0.1, -0.05) is 192 Å². The second-order valence-electron chi connectivity index (χ2n) is 35.3. The predicted molar refractivity (Wildman–Crippen MR) is 456 cm³/mol. The Morgan fingerprint density at radius 2 is 0.785 bits per heavy atom. The Hall–Kier alpha value is -4.45. The first kappa shape index (κ1) is 114. The molecule has 6 aliphatic rings. The van der Waals surface area contributed by atoms with Gasteiger partial charge in [-0.2, -0.15) is 0 Å². The van der Waals surface area contributed by atoms with Gasteiger partial charge in [-0.05, 0) is 44.9 Å². The van der Waals surface area contributed by atoms with E-state index in [1.807, 2.05) is 0 Å². The van der Waals surface area contributed by atoms with Crippen LogP contribution in [0.1, 0.15) is 246 Å². The molecule has 6 fully saturated rings. The lowest BCUT2D eigenvalue weighted by Crippen LogP contribution is -2.72. The van der Waals surface area contributed by atoms with Gasteiger partial charge < -0.3 is 185 Å². The van der Waals surface area contributed by atoms with Crippen molar-refractivity contribution in [3.05, 3.63) is 24.3 Å². The molecule has 6 saturated heterocycles. The number of nitrogens with one attached hydrogen (secondary N) is 3. The van der Waals surface area contributed by atoms with E-state index in [2.05, 4.69) is 41.9 Å². The quantitative estimate of drug-likeness (QED) is 0.0234. The standard InChI is InChI=1S/C88H155N3O39/c1-5-7-9-11-13-15-17-19-20-21-22-23-24-25-26-28-30-32-34-36-38-40-62(105)91-52(53(100)39-37-35-33-31-29-27-18-16-14-12-10-8-6-2)49-119-82-71(112)70(111)74(60(47-96)122-82)124-84-73(114)80(130-88(86(117)118)42-55(102)65(106)78(128-88)67(108)57(104)44-93)75(61(48-97)123-84)125-81-64(90-51(4)99)76(68(109)58(45-94)120-81)126-83-72(113)79(69(110)59(46-95)121-83)129-87(85(115)116)41-54(101)63(89-50(3)98)77(127-87)66(107)56(103)43-92/h19-20,37,39,52-61,63-84,92-97,100-104,106-114H,5-18,21-36,38,40-49H2,1-4H3,(H,89,98)(H,90,99)(H,91,105)(H,115,116)(H,117,118)/b20-19-,39-37+/t52-,53+,54?,55?,56+,57+,58?,59?,60?,61?,63+,64?,65+,66+,67+,68-,69-,70+,71?,72?,73?,74+,75-,76+,77?,78?,79-,80+,81-,82+,83-,84-,87-,88-/m0/s1. The maximum absolute atomic E-state index is 13.9. The molecule has 6 heterocycles. The number of allylic oxidation sites excluding steroid dienone is 3. The summed E-state index contributed by atoms with van der Waals surface area (Å²) in [5.74, 6) is -13.6.